The van der Waals surface area contributed by atoms with E-state index in [1.54, 1.807) is 11.8 Å². The third kappa shape index (κ3) is 7.97. The molecule has 4 aromatic rings. The molecule has 2 aromatic heterocycles. The highest BCUT2D eigenvalue weighted by Gasteiger charge is 2.29. The number of nitrogens with zero attached hydrogens (tertiary/aromatic N) is 6. The van der Waals surface area contributed by atoms with E-state index in [0.717, 1.165) is 47.1 Å². The molecule has 0 N–H and O–H groups in total. The van der Waals surface area contributed by atoms with Crippen LogP contribution >= 0.6 is 11.8 Å². The molecule has 1 fully saturated rings. The summed E-state index contributed by atoms with van der Waals surface area (Å²) in [6.45, 7) is 8.94. The van der Waals surface area contributed by atoms with Gasteiger partial charge < -0.3 is 14.4 Å². The van der Waals surface area contributed by atoms with Crippen LogP contribution in [0.3, 0.4) is 0 Å². The summed E-state index contributed by atoms with van der Waals surface area (Å²) < 4.78 is 2.22. The van der Waals surface area contributed by atoms with Gasteiger partial charge in [-0.25, -0.2) is 4.98 Å². The topological polar surface area (TPSA) is 84.2 Å². The van der Waals surface area contributed by atoms with E-state index in [1.165, 1.54) is 36.8 Å². The maximum absolute atomic E-state index is 13.0. The van der Waals surface area contributed by atoms with Crippen LogP contribution in [0.1, 0.15) is 82.8 Å². The van der Waals surface area contributed by atoms with E-state index < -0.39 is 0 Å². The fourth-order valence-corrected chi connectivity index (χ4v) is 6.86. The van der Waals surface area contributed by atoms with Gasteiger partial charge in [-0.2, -0.15) is 0 Å². The summed E-state index contributed by atoms with van der Waals surface area (Å²) in [5, 5.41) is 10.7. The van der Waals surface area contributed by atoms with Gasteiger partial charge in [0.15, 0.2) is 5.65 Å². The maximum Gasteiger partial charge on any atom is 0.222 e. The van der Waals surface area contributed by atoms with Crippen molar-refractivity contribution in [2.24, 2.45) is 0 Å². The Hall–Kier alpha value is -3.46. The molecule has 3 heterocycles. The number of rotatable bonds is 14. The molecule has 1 unspecified atom stereocenters. The van der Waals surface area contributed by atoms with E-state index in [0.29, 0.717) is 44.2 Å². The lowest BCUT2D eigenvalue weighted by molar-refractivity contribution is -0.142. The number of thioether (sulfide) groups is 1. The van der Waals surface area contributed by atoms with Gasteiger partial charge in [0.25, 0.3) is 0 Å². The molecule has 44 heavy (non-hydrogen) atoms. The highest BCUT2D eigenvalue weighted by molar-refractivity contribution is 7.99. The highest BCUT2D eigenvalue weighted by atomic mass is 32.2. The van der Waals surface area contributed by atoms with Crippen molar-refractivity contribution in [1.82, 2.24) is 29.5 Å². The minimum absolute atomic E-state index is 0.0623. The normalized spacial score (nSPS) is 15.4. The van der Waals surface area contributed by atoms with Crippen molar-refractivity contribution in [3.8, 4) is 0 Å². The average molecular weight is 615 g/mol. The number of amides is 2. The van der Waals surface area contributed by atoms with Gasteiger partial charge in [-0.1, -0.05) is 92.8 Å². The van der Waals surface area contributed by atoms with Crippen molar-refractivity contribution >= 4 is 45.6 Å². The number of piperazine rings is 1. The van der Waals surface area contributed by atoms with Crippen molar-refractivity contribution in [1.29, 1.82) is 0 Å². The number of fused-ring (bicyclic) bond motifs is 3. The SMILES string of the molecule is CCCCCCCCC(=O)N1CCN(C(=O)CCCSc2nnc3c4cc(C)ccc4n(Cc4ccccc4)c3n2)CC1C. The number of carbonyl (C=O) groups excluding carboxylic acids is 2. The Balaban J connectivity index is 1.12. The zero-order chi connectivity index (χ0) is 30.9. The molecular weight excluding hydrogens is 568 g/mol. The Morgan fingerprint density at radius 2 is 1.68 bits per heavy atom. The Morgan fingerprint density at radius 3 is 2.48 bits per heavy atom. The second-order valence-electron chi connectivity index (χ2n) is 12.1. The first-order valence-corrected chi connectivity index (χ1v) is 17.3. The molecule has 9 heteroatoms. The van der Waals surface area contributed by atoms with Crippen molar-refractivity contribution < 1.29 is 9.59 Å². The lowest BCUT2D eigenvalue weighted by atomic mass is 10.1. The second-order valence-corrected chi connectivity index (χ2v) is 13.2. The standard InChI is InChI=1S/C35H46N6O2S/c1-4-5-6-7-8-12-16-32(43)40-21-20-39(24-27(40)3)31(42)17-13-22-44-35-36-34-33(37-38-35)29-23-26(2)18-19-30(29)41(34)25-28-14-10-9-11-15-28/h9-11,14-15,18-19,23,27H,4-8,12-13,16-17,20-22,24-25H2,1-3H3. The first kappa shape index (κ1) is 31.9. The highest BCUT2D eigenvalue weighted by Crippen LogP contribution is 2.29. The van der Waals surface area contributed by atoms with Crippen LogP contribution in [0.4, 0.5) is 0 Å². The molecular formula is C35H46N6O2S. The molecule has 0 bridgehead atoms. The number of unbranched alkanes of at least 4 members (excludes halogenated alkanes) is 5. The number of carbonyl (C=O) groups is 2. The molecule has 0 aliphatic carbocycles. The third-order valence-electron chi connectivity index (χ3n) is 8.60. The summed E-state index contributed by atoms with van der Waals surface area (Å²) in [4.78, 5) is 34.6. The maximum atomic E-state index is 13.0. The first-order chi connectivity index (χ1) is 21.4. The molecule has 1 aliphatic heterocycles. The minimum Gasteiger partial charge on any atom is -0.339 e. The quantitative estimate of drug-likeness (QED) is 0.112. The van der Waals surface area contributed by atoms with Crippen LogP contribution in [0.25, 0.3) is 22.1 Å². The summed E-state index contributed by atoms with van der Waals surface area (Å²) >= 11 is 1.55. The molecule has 234 valence electrons. The Bertz CT molecular complexity index is 1560. The number of hydrogen-bond acceptors (Lipinski definition) is 6. The molecule has 0 saturated carbocycles. The lowest BCUT2D eigenvalue weighted by Gasteiger charge is -2.40. The fraction of sp³-hybridized carbons (Fsp3) is 0.514. The Labute approximate surface area is 265 Å². The van der Waals surface area contributed by atoms with E-state index >= 15 is 0 Å². The van der Waals surface area contributed by atoms with E-state index in [2.05, 4.69) is 78.0 Å². The summed E-state index contributed by atoms with van der Waals surface area (Å²) in [7, 11) is 0. The van der Waals surface area contributed by atoms with Gasteiger partial charge in [0.2, 0.25) is 17.0 Å². The van der Waals surface area contributed by atoms with E-state index in [9.17, 15) is 9.59 Å². The van der Waals surface area contributed by atoms with Gasteiger partial charge in [0.05, 0.1) is 5.52 Å². The van der Waals surface area contributed by atoms with Gasteiger partial charge in [-0.3, -0.25) is 9.59 Å². The molecule has 1 aliphatic rings. The van der Waals surface area contributed by atoms with E-state index in [4.69, 9.17) is 4.98 Å². The zero-order valence-electron chi connectivity index (χ0n) is 26.5. The third-order valence-corrected chi connectivity index (χ3v) is 9.52. The molecule has 1 atom stereocenters. The van der Waals surface area contributed by atoms with Crippen LogP contribution < -0.4 is 0 Å². The van der Waals surface area contributed by atoms with Gasteiger partial charge >= 0.3 is 0 Å². The molecule has 2 amide bonds. The van der Waals surface area contributed by atoms with Crippen molar-refractivity contribution in [3.05, 3.63) is 59.7 Å². The molecule has 0 spiro atoms. The van der Waals surface area contributed by atoms with Crippen molar-refractivity contribution in [2.75, 3.05) is 25.4 Å². The van der Waals surface area contributed by atoms with Crippen LogP contribution in [0.15, 0.2) is 53.7 Å². The lowest BCUT2D eigenvalue weighted by Crippen LogP contribution is -2.55. The van der Waals surface area contributed by atoms with Crippen molar-refractivity contribution in [3.63, 3.8) is 0 Å². The molecule has 5 rings (SSSR count). The number of benzene rings is 2. The van der Waals surface area contributed by atoms with Gasteiger partial charge in [0, 0.05) is 56.2 Å². The van der Waals surface area contributed by atoms with Gasteiger partial charge in [-0.05, 0) is 44.4 Å². The largest absolute Gasteiger partial charge is 0.339 e. The number of hydrogen-bond donors (Lipinski definition) is 0. The Kier molecular flexibility index (Phi) is 11.3. The molecule has 0 radical (unpaired) electrons. The first-order valence-electron chi connectivity index (χ1n) is 16.3. The smallest absolute Gasteiger partial charge is 0.222 e. The summed E-state index contributed by atoms with van der Waals surface area (Å²) in [6.07, 6.45) is 8.93. The number of aromatic nitrogens is 4. The van der Waals surface area contributed by atoms with Crippen LogP contribution in [0.2, 0.25) is 0 Å². The minimum atomic E-state index is 0.0623. The number of aryl methyl sites for hydroxylation is 1. The van der Waals surface area contributed by atoms with Crippen molar-refractivity contribution in [2.45, 2.75) is 96.3 Å². The summed E-state index contributed by atoms with van der Waals surface area (Å²) in [5.74, 6) is 1.14. The van der Waals surface area contributed by atoms with Gasteiger partial charge in [-0.15, -0.1) is 10.2 Å². The zero-order valence-corrected chi connectivity index (χ0v) is 27.3. The predicted molar refractivity (Wildman–Crippen MR) is 179 cm³/mol. The van der Waals surface area contributed by atoms with E-state index in [-0.39, 0.29) is 17.9 Å². The summed E-state index contributed by atoms with van der Waals surface area (Å²) in [5.41, 5.74) is 5.13. The molecule has 2 aromatic carbocycles. The van der Waals surface area contributed by atoms with Gasteiger partial charge in [0.1, 0.15) is 5.52 Å². The van der Waals surface area contributed by atoms with Crippen LogP contribution in [-0.4, -0.2) is 72.8 Å². The van der Waals surface area contributed by atoms with Crippen LogP contribution in [0, 0.1) is 6.92 Å². The monoisotopic (exact) mass is 614 g/mol. The average Bonchev–Trinajstić information content (AvgIpc) is 3.32. The summed E-state index contributed by atoms with van der Waals surface area (Å²) in [6, 6.07) is 16.9. The molecule has 8 nitrogen and oxygen atoms in total. The predicted octanol–water partition coefficient (Wildman–Crippen LogP) is 7.02. The Morgan fingerprint density at radius 1 is 0.909 bits per heavy atom. The van der Waals surface area contributed by atoms with E-state index in [1.807, 2.05) is 15.9 Å². The fourth-order valence-electron chi connectivity index (χ4n) is 6.14. The van der Waals surface area contributed by atoms with Crippen LogP contribution in [-0.2, 0) is 16.1 Å². The van der Waals surface area contributed by atoms with Crippen LogP contribution in [0.5, 0.6) is 0 Å². The second kappa shape index (κ2) is 15.5. The molecule has 1 saturated heterocycles.